The molecular formula is C13H13BrN4O. The Labute approximate surface area is 118 Å². The summed E-state index contributed by atoms with van der Waals surface area (Å²) in [5, 5.41) is 7.27. The molecule has 0 aliphatic carbocycles. The number of carbonyl (C=O) groups is 1. The van der Waals surface area contributed by atoms with Crippen molar-refractivity contribution in [2.45, 2.75) is 12.8 Å². The van der Waals surface area contributed by atoms with Crippen LogP contribution in [0.4, 0.5) is 11.5 Å². The predicted molar refractivity (Wildman–Crippen MR) is 77.7 cm³/mol. The van der Waals surface area contributed by atoms with E-state index in [-0.39, 0.29) is 5.91 Å². The molecule has 3 N–H and O–H groups in total. The normalized spacial score (nSPS) is 14.1. The largest absolute Gasteiger partial charge is 0.383 e. The summed E-state index contributed by atoms with van der Waals surface area (Å²) in [6, 6.07) is 5.91. The van der Waals surface area contributed by atoms with Gasteiger partial charge in [0.2, 0.25) is 5.91 Å². The SMILES string of the molecule is Cn1nc(-c2ccc3c(c2)CCC(=O)N3)c(Br)c1N. The minimum absolute atomic E-state index is 0.0727. The molecule has 1 aliphatic heterocycles. The van der Waals surface area contributed by atoms with E-state index in [0.717, 1.165) is 33.4 Å². The highest BCUT2D eigenvalue weighted by atomic mass is 79.9. The molecule has 0 unspecified atom stereocenters. The van der Waals surface area contributed by atoms with E-state index in [1.54, 1.807) is 4.68 Å². The van der Waals surface area contributed by atoms with Crippen molar-refractivity contribution >= 4 is 33.3 Å². The second kappa shape index (κ2) is 4.38. The van der Waals surface area contributed by atoms with Gasteiger partial charge in [0.1, 0.15) is 11.5 Å². The van der Waals surface area contributed by atoms with E-state index >= 15 is 0 Å². The first-order chi connectivity index (χ1) is 9.06. The summed E-state index contributed by atoms with van der Waals surface area (Å²) >= 11 is 3.47. The maximum absolute atomic E-state index is 11.3. The number of hydrogen-bond acceptors (Lipinski definition) is 3. The Hall–Kier alpha value is -1.82. The molecule has 2 aromatic rings. The number of halogens is 1. The number of nitrogens with one attached hydrogen (secondary N) is 1. The van der Waals surface area contributed by atoms with Crippen LogP contribution in [0.3, 0.4) is 0 Å². The number of carbonyl (C=O) groups excluding carboxylic acids is 1. The Morgan fingerprint density at radius 1 is 1.42 bits per heavy atom. The molecule has 0 radical (unpaired) electrons. The van der Waals surface area contributed by atoms with Crippen LogP contribution in [0.2, 0.25) is 0 Å². The number of fused-ring (bicyclic) bond motifs is 1. The number of rotatable bonds is 1. The second-order valence-electron chi connectivity index (χ2n) is 4.59. The van der Waals surface area contributed by atoms with Crippen molar-refractivity contribution in [2.24, 2.45) is 7.05 Å². The molecule has 1 amide bonds. The van der Waals surface area contributed by atoms with Gasteiger partial charge in [-0.25, -0.2) is 0 Å². The molecule has 0 saturated carbocycles. The minimum Gasteiger partial charge on any atom is -0.383 e. The minimum atomic E-state index is 0.0727. The standard InChI is InChI=1S/C13H13BrN4O/c1-18-13(15)11(14)12(17-18)8-2-4-9-7(6-8)3-5-10(19)16-9/h2,4,6H,3,5,15H2,1H3,(H,16,19). The molecular weight excluding hydrogens is 308 g/mol. The summed E-state index contributed by atoms with van der Waals surface area (Å²) in [6.45, 7) is 0. The van der Waals surface area contributed by atoms with Gasteiger partial charge in [-0.1, -0.05) is 6.07 Å². The number of nitrogens with zero attached hydrogens (tertiary/aromatic N) is 2. The zero-order valence-corrected chi connectivity index (χ0v) is 12.0. The third-order valence-corrected chi connectivity index (χ3v) is 4.09. The van der Waals surface area contributed by atoms with Crippen LogP contribution in [0.5, 0.6) is 0 Å². The molecule has 0 spiro atoms. The fourth-order valence-electron chi connectivity index (χ4n) is 2.23. The highest BCUT2D eigenvalue weighted by molar-refractivity contribution is 9.10. The average Bonchev–Trinajstić information content (AvgIpc) is 2.66. The Morgan fingerprint density at radius 2 is 2.21 bits per heavy atom. The van der Waals surface area contributed by atoms with Gasteiger partial charge >= 0.3 is 0 Å². The molecule has 19 heavy (non-hydrogen) atoms. The third-order valence-electron chi connectivity index (χ3n) is 3.31. The summed E-state index contributed by atoms with van der Waals surface area (Å²) < 4.78 is 2.44. The summed E-state index contributed by atoms with van der Waals surface area (Å²) in [6.07, 6.45) is 1.29. The number of nitrogens with two attached hydrogens (primary N) is 1. The van der Waals surface area contributed by atoms with Crippen molar-refractivity contribution in [3.8, 4) is 11.3 Å². The highest BCUT2D eigenvalue weighted by Crippen LogP contribution is 2.34. The number of nitrogen functional groups attached to an aromatic ring is 1. The van der Waals surface area contributed by atoms with Gasteiger partial charge in [0.05, 0.1) is 4.47 Å². The molecule has 98 valence electrons. The van der Waals surface area contributed by atoms with Crippen molar-refractivity contribution in [1.82, 2.24) is 9.78 Å². The van der Waals surface area contributed by atoms with Crippen LogP contribution in [0.15, 0.2) is 22.7 Å². The number of benzene rings is 1. The molecule has 6 heteroatoms. The fraction of sp³-hybridized carbons (Fsp3) is 0.231. The lowest BCUT2D eigenvalue weighted by molar-refractivity contribution is -0.116. The van der Waals surface area contributed by atoms with E-state index in [9.17, 15) is 4.79 Å². The van der Waals surface area contributed by atoms with Crippen LogP contribution in [-0.4, -0.2) is 15.7 Å². The van der Waals surface area contributed by atoms with E-state index in [1.165, 1.54) is 0 Å². The lowest BCUT2D eigenvalue weighted by Gasteiger charge is -2.17. The Balaban J connectivity index is 2.07. The number of hydrogen-bond donors (Lipinski definition) is 2. The average molecular weight is 321 g/mol. The van der Waals surface area contributed by atoms with Gasteiger partial charge in [-0.2, -0.15) is 5.10 Å². The fourth-order valence-corrected chi connectivity index (χ4v) is 2.79. The van der Waals surface area contributed by atoms with E-state index in [2.05, 4.69) is 32.4 Å². The molecule has 0 bridgehead atoms. The monoisotopic (exact) mass is 320 g/mol. The first kappa shape index (κ1) is 12.2. The summed E-state index contributed by atoms with van der Waals surface area (Å²) in [5.41, 5.74) is 9.73. The molecule has 0 saturated heterocycles. The highest BCUT2D eigenvalue weighted by Gasteiger charge is 2.18. The molecule has 0 atom stereocenters. The zero-order chi connectivity index (χ0) is 13.6. The third kappa shape index (κ3) is 2.02. The van der Waals surface area contributed by atoms with Crippen LogP contribution in [-0.2, 0) is 18.3 Å². The molecule has 2 heterocycles. The van der Waals surface area contributed by atoms with Gasteiger partial charge in [-0.05, 0) is 40.0 Å². The van der Waals surface area contributed by atoms with Gasteiger partial charge < -0.3 is 11.1 Å². The maximum Gasteiger partial charge on any atom is 0.224 e. The van der Waals surface area contributed by atoms with Gasteiger partial charge in [0.25, 0.3) is 0 Å². The quantitative estimate of drug-likeness (QED) is 0.846. The molecule has 3 rings (SSSR count). The molecule has 1 aliphatic rings. The lowest BCUT2D eigenvalue weighted by Crippen LogP contribution is -2.18. The molecule has 5 nitrogen and oxygen atoms in total. The smallest absolute Gasteiger partial charge is 0.224 e. The number of amides is 1. The van der Waals surface area contributed by atoms with Gasteiger partial charge in [-0.3, -0.25) is 9.48 Å². The van der Waals surface area contributed by atoms with Crippen LogP contribution in [0.1, 0.15) is 12.0 Å². The van der Waals surface area contributed by atoms with Crippen LogP contribution in [0.25, 0.3) is 11.3 Å². The van der Waals surface area contributed by atoms with E-state index in [0.29, 0.717) is 12.2 Å². The zero-order valence-electron chi connectivity index (χ0n) is 10.4. The van der Waals surface area contributed by atoms with Crippen LogP contribution >= 0.6 is 15.9 Å². The van der Waals surface area contributed by atoms with Crippen molar-refractivity contribution in [2.75, 3.05) is 11.1 Å². The van der Waals surface area contributed by atoms with E-state index in [4.69, 9.17) is 5.73 Å². The van der Waals surface area contributed by atoms with E-state index < -0.39 is 0 Å². The Bertz CT molecular complexity index is 678. The van der Waals surface area contributed by atoms with Gasteiger partial charge in [0.15, 0.2) is 0 Å². The second-order valence-corrected chi connectivity index (χ2v) is 5.38. The predicted octanol–water partition coefficient (Wildman–Crippen LogP) is 2.32. The van der Waals surface area contributed by atoms with Crippen molar-refractivity contribution in [3.63, 3.8) is 0 Å². The van der Waals surface area contributed by atoms with Crippen LogP contribution < -0.4 is 11.1 Å². The van der Waals surface area contributed by atoms with E-state index in [1.807, 2.05) is 19.2 Å². The van der Waals surface area contributed by atoms with Crippen molar-refractivity contribution in [1.29, 1.82) is 0 Å². The number of aromatic nitrogens is 2. The van der Waals surface area contributed by atoms with Crippen molar-refractivity contribution in [3.05, 3.63) is 28.2 Å². The van der Waals surface area contributed by atoms with Gasteiger partial charge in [-0.15, -0.1) is 0 Å². The summed E-state index contributed by atoms with van der Waals surface area (Å²) in [5.74, 6) is 0.671. The topological polar surface area (TPSA) is 72.9 Å². The number of aryl methyl sites for hydroxylation is 2. The molecule has 0 fully saturated rings. The molecule has 1 aromatic carbocycles. The summed E-state index contributed by atoms with van der Waals surface area (Å²) in [7, 11) is 1.81. The lowest BCUT2D eigenvalue weighted by atomic mass is 9.99. The van der Waals surface area contributed by atoms with Gasteiger partial charge in [0, 0.05) is 24.7 Å². The summed E-state index contributed by atoms with van der Waals surface area (Å²) in [4.78, 5) is 11.3. The Kier molecular flexibility index (Phi) is 2.82. The van der Waals surface area contributed by atoms with Crippen LogP contribution in [0, 0.1) is 0 Å². The Morgan fingerprint density at radius 3 is 2.89 bits per heavy atom. The number of anilines is 2. The first-order valence-corrected chi connectivity index (χ1v) is 6.76. The maximum atomic E-state index is 11.3. The first-order valence-electron chi connectivity index (χ1n) is 5.97. The molecule has 1 aromatic heterocycles. The van der Waals surface area contributed by atoms with Crippen molar-refractivity contribution < 1.29 is 4.79 Å².